The van der Waals surface area contributed by atoms with Crippen LogP contribution in [0.3, 0.4) is 0 Å². The van der Waals surface area contributed by atoms with Crippen LogP contribution in [0.4, 0.5) is 17.2 Å². The third-order valence-corrected chi connectivity index (χ3v) is 20.3. The molecule has 8 rings (SSSR count). The summed E-state index contributed by atoms with van der Waals surface area (Å²) in [5.74, 6) is 5.41. The Hall–Kier alpha value is -6.51. The molecule has 0 aliphatic carbocycles. The van der Waals surface area contributed by atoms with Crippen molar-refractivity contribution in [1.82, 2.24) is 14.9 Å². The molecule has 5 heterocycles. The third-order valence-electron chi connectivity index (χ3n) is 14.8. The van der Waals surface area contributed by atoms with Gasteiger partial charge in [-0.15, -0.1) is 0 Å². The lowest BCUT2D eigenvalue weighted by atomic mass is 9.75. The molecule has 10 N–H and O–H groups in total. The maximum atomic E-state index is 13.4. The first kappa shape index (κ1) is 67.4. The van der Waals surface area contributed by atoms with Crippen molar-refractivity contribution in [3.63, 3.8) is 0 Å². The Morgan fingerprint density at radius 1 is 0.966 bits per heavy atom. The first-order chi connectivity index (χ1) is 41.1. The lowest BCUT2D eigenvalue weighted by Crippen LogP contribution is -2.44. The molecule has 4 aliphatic rings. The smallest absolute Gasteiger partial charge is 0.456 e. The standard InChI is InChI=1S/C56H65N6O21P3S2/c1-6-62-45-31-48-42(30-41(45)36(2)33-55(62,3)4)38(28-47(80-48)37-16-9-7-10-17-37)18-11-8-12-20-50-56(5,43-29-40(88(76,77)78)22-23-44(43)60(50)26-15-27-87(73,74)75)24-13-21-51(64)58-25-14-19-39-34-61(54(65)59-53(39)57)52-32-46(63)49(81-52)35-79-85(69,70)83-86(71,72)82-84(66,67)68/h7-12,16-18,20,22-23,28-31,33-34,46,49,52,63H,6,13,15,21,24-27,32,35H2,1-5H3,(H8-,57,58,59,64,65,66,67,68,69,70,71,72,73,74,75,76,77,78)/p+1/t46-,49+,52+,56?/m0/s1. The van der Waals surface area contributed by atoms with Crippen LogP contribution in [0, 0.1) is 11.8 Å². The highest BCUT2D eigenvalue weighted by Gasteiger charge is 2.48. The minimum Gasteiger partial charge on any atom is -0.456 e. The topological polar surface area (TPSA) is 404 Å². The van der Waals surface area contributed by atoms with Crippen LogP contribution >= 0.6 is 23.5 Å². The predicted octanol–water partition coefficient (Wildman–Crippen LogP) is 6.69. The quantitative estimate of drug-likeness (QED) is 0.0123. The number of fused-ring (bicyclic) bond motifs is 3. The molecule has 1 fully saturated rings. The molecule has 6 atom stereocenters. The Labute approximate surface area is 507 Å². The summed E-state index contributed by atoms with van der Waals surface area (Å²) in [6, 6.07) is 18.0. The molecule has 88 heavy (non-hydrogen) atoms. The molecule has 4 aliphatic heterocycles. The first-order valence-electron chi connectivity index (χ1n) is 27.2. The van der Waals surface area contributed by atoms with E-state index < -0.39 is 96.4 Å². The molecule has 0 bridgehead atoms. The highest BCUT2D eigenvalue weighted by atomic mass is 32.2. The molecule has 3 aromatic carbocycles. The number of nitrogens with one attached hydrogen (secondary N) is 1. The number of nitrogens with two attached hydrogens (primary N) is 1. The molecule has 27 nitrogen and oxygen atoms in total. The number of nitrogen functional groups attached to an aromatic ring is 1. The number of ether oxygens (including phenoxy) is 2. The largest absolute Gasteiger partial charge is 0.490 e. The maximum absolute atomic E-state index is 13.4. The Morgan fingerprint density at radius 2 is 1.69 bits per heavy atom. The summed E-state index contributed by atoms with van der Waals surface area (Å²) in [4.78, 5) is 68.7. The number of allylic oxidation sites excluding steroid dienone is 8. The van der Waals surface area contributed by atoms with E-state index in [1.165, 1.54) is 18.2 Å². The van der Waals surface area contributed by atoms with E-state index in [-0.39, 0.29) is 62.1 Å². The molecule has 0 saturated carbocycles. The summed E-state index contributed by atoms with van der Waals surface area (Å²) < 4.78 is 131. The van der Waals surface area contributed by atoms with Gasteiger partial charge in [0.05, 0.1) is 46.4 Å². The Kier molecular flexibility index (Phi) is 20.3. The minimum atomic E-state index is -5.83. The predicted molar refractivity (Wildman–Crippen MR) is 324 cm³/mol. The van der Waals surface area contributed by atoms with E-state index in [9.17, 15) is 64.1 Å². The van der Waals surface area contributed by atoms with Crippen molar-refractivity contribution in [2.75, 3.05) is 42.6 Å². The number of phosphoric acid groups is 3. The number of hydrogen-bond donors (Lipinski definition) is 9. The number of hydrogen-bond acceptors (Lipinski definition) is 18. The maximum Gasteiger partial charge on any atom is 0.490 e. The van der Waals surface area contributed by atoms with Crippen LogP contribution in [0.5, 0.6) is 5.75 Å². The number of aliphatic hydroxyl groups is 1. The van der Waals surface area contributed by atoms with E-state index in [2.05, 4.69) is 86.1 Å². The van der Waals surface area contributed by atoms with Crippen LogP contribution in [0.25, 0.3) is 16.9 Å². The number of rotatable bonds is 23. The van der Waals surface area contributed by atoms with Crippen LogP contribution in [0.1, 0.15) is 101 Å². The molecule has 472 valence electrons. The summed E-state index contributed by atoms with van der Waals surface area (Å²) in [5.41, 5.74) is 11.2. The number of carbonyl (C=O) groups excluding carboxylic acids is 1. The molecule has 32 heteroatoms. The normalized spacial score (nSPS) is 21.8. The second-order valence-electron chi connectivity index (χ2n) is 21.6. The zero-order valence-electron chi connectivity index (χ0n) is 48.1. The van der Waals surface area contributed by atoms with Crippen molar-refractivity contribution >= 4 is 89.4 Å². The Morgan fingerprint density at radius 3 is 2.38 bits per heavy atom. The van der Waals surface area contributed by atoms with E-state index in [4.69, 9.17) is 25.0 Å². The minimum absolute atomic E-state index is 0.0220. The molecule has 4 aromatic rings. The number of phosphoric ester groups is 1. The second-order valence-corrected chi connectivity index (χ2v) is 29.0. The van der Waals surface area contributed by atoms with Gasteiger partial charge in [-0.1, -0.05) is 72.6 Å². The number of aliphatic hydroxyl groups excluding tert-OH is 1. The Bertz CT molecular complexity index is 4130. The fraction of sp³-hybridized carbons (Fsp3) is 0.357. The monoisotopic (exact) mass is 1320 g/mol. The van der Waals surface area contributed by atoms with E-state index in [1.807, 2.05) is 66.1 Å². The Balaban J connectivity index is 0.996. The summed E-state index contributed by atoms with van der Waals surface area (Å²) >= 11 is 0. The van der Waals surface area contributed by atoms with Gasteiger partial charge >= 0.3 is 29.2 Å². The van der Waals surface area contributed by atoms with E-state index in [0.29, 0.717) is 28.5 Å². The van der Waals surface area contributed by atoms with Crippen LogP contribution in [0.2, 0.25) is 0 Å². The van der Waals surface area contributed by atoms with E-state index in [0.717, 1.165) is 50.8 Å². The fourth-order valence-corrected chi connectivity index (χ4v) is 15.0. The first-order valence-corrected chi connectivity index (χ1v) is 34.8. The van der Waals surface area contributed by atoms with Gasteiger partial charge < -0.3 is 50.1 Å². The fourth-order valence-electron chi connectivity index (χ4n) is 11.0. The van der Waals surface area contributed by atoms with Crippen molar-refractivity contribution in [3.8, 4) is 17.6 Å². The zero-order valence-corrected chi connectivity index (χ0v) is 52.4. The van der Waals surface area contributed by atoms with Crippen molar-refractivity contribution in [3.05, 3.63) is 148 Å². The van der Waals surface area contributed by atoms with Crippen LogP contribution in [0.15, 0.2) is 119 Å². The molecule has 1 amide bonds. The molecule has 3 unspecified atom stereocenters. The highest BCUT2D eigenvalue weighted by molar-refractivity contribution is 7.86. The number of benzene rings is 3. The van der Waals surface area contributed by atoms with E-state index >= 15 is 0 Å². The SMILES string of the molecule is CCN1c2cc3c(cc2C(C)=CC1(C)C)C(=CC=CC=CC1=[N+](CCCS(=O)(=O)O)c2ccc(S(=O)(=O)O)cc2C1(C)CCCC(=O)NCC#Cc1cn([C@H]2C[C@H](O)[C@@H](COP(=O)(O)OP(=O)(O)OP(=O)(O)O)O2)c(=O)nc1N)C=C(c1ccccc1)O3. The summed E-state index contributed by atoms with van der Waals surface area (Å²) in [7, 11) is -26.2. The summed E-state index contributed by atoms with van der Waals surface area (Å²) in [6.07, 6.45) is 10.3. The summed E-state index contributed by atoms with van der Waals surface area (Å²) in [5, 5.41) is 13.3. The molecule has 1 aromatic heterocycles. The number of aromatic nitrogens is 2. The van der Waals surface area contributed by atoms with Crippen molar-refractivity contribution in [2.24, 2.45) is 0 Å². The van der Waals surface area contributed by atoms with Gasteiger partial charge in [-0.05, 0) is 82.9 Å². The lowest BCUT2D eigenvalue weighted by molar-refractivity contribution is -0.437. The van der Waals surface area contributed by atoms with Gasteiger partial charge in [-0.25, -0.2) is 18.5 Å². The summed E-state index contributed by atoms with van der Waals surface area (Å²) in [6.45, 7) is 10.00. The lowest BCUT2D eigenvalue weighted by Gasteiger charge is -2.43. The van der Waals surface area contributed by atoms with Gasteiger partial charge in [0, 0.05) is 78.2 Å². The van der Waals surface area contributed by atoms with Gasteiger partial charge in [0.2, 0.25) is 11.6 Å². The molecule has 0 radical (unpaired) electrons. The van der Waals surface area contributed by atoms with Crippen LogP contribution in [-0.4, -0.2) is 126 Å². The number of amides is 1. The highest BCUT2D eigenvalue weighted by Crippen LogP contribution is 2.66. The number of anilines is 2. The zero-order chi connectivity index (χ0) is 64.4. The average molecular weight is 1320 g/mol. The van der Waals surface area contributed by atoms with Gasteiger partial charge in [-0.2, -0.15) is 35.0 Å². The molecule has 0 spiro atoms. The van der Waals surface area contributed by atoms with Gasteiger partial charge in [-0.3, -0.25) is 23.0 Å². The molecular weight excluding hydrogens is 1250 g/mol. The number of nitrogens with zero attached hydrogens (tertiary/aromatic N) is 4. The van der Waals surface area contributed by atoms with Gasteiger partial charge in [0.25, 0.3) is 20.2 Å². The van der Waals surface area contributed by atoms with Crippen LogP contribution in [-0.2, 0) is 62.0 Å². The van der Waals surface area contributed by atoms with E-state index in [1.54, 1.807) is 12.2 Å². The second kappa shape index (κ2) is 26.5. The third kappa shape index (κ3) is 16.5. The van der Waals surface area contributed by atoms with Gasteiger partial charge in [0.15, 0.2) is 5.71 Å². The van der Waals surface area contributed by atoms with Crippen molar-refractivity contribution in [2.45, 2.75) is 101 Å². The van der Waals surface area contributed by atoms with Crippen LogP contribution < -0.4 is 26.4 Å². The number of likely N-dealkylation sites (N-methyl/N-ethyl adjacent to an activating group) is 1. The number of carbonyl (C=O) groups is 1. The van der Waals surface area contributed by atoms with Gasteiger partial charge in [0.1, 0.15) is 36.2 Å². The van der Waals surface area contributed by atoms with Crippen molar-refractivity contribution < 1.29 is 96.3 Å². The molecular formula is C56H66N6O21P3S2+. The van der Waals surface area contributed by atoms with Crippen molar-refractivity contribution in [1.29, 1.82) is 0 Å². The molecule has 1 saturated heterocycles. The average Bonchev–Trinajstić information content (AvgIpc) is 1.41.